The highest BCUT2D eigenvalue weighted by Crippen LogP contribution is 2.38. The fourth-order valence-electron chi connectivity index (χ4n) is 5.00. The van der Waals surface area contributed by atoms with Crippen molar-refractivity contribution >= 4 is 44.8 Å². The molecule has 0 unspecified atom stereocenters. The maximum Gasteiger partial charge on any atom is 0.273 e. The third-order valence-corrected chi connectivity index (χ3v) is 9.26. The van der Waals surface area contributed by atoms with Crippen LogP contribution in [0.5, 0.6) is 5.75 Å². The molecule has 1 saturated carbocycles. The first-order valence-corrected chi connectivity index (χ1v) is 15.7. The number of ether oxygens (including phenoxy) is 1. The summed E-state index contributed by atoms with van der Waals surface area (Å²) in [6.07, 6.45) is 3.78. The van der Waals surface area contributed by atoms with E-state index in [-0.39, 0.29) is 52.4 Å². The van der Waals surface area contributed by atoms with Crippen molar-refractivity contribution in [3.05, 3.63) is 54.0 Å². The molecule has 3 N–H and O–H groups in total. The zero-order valence-electron chi connectivity index (χ0n) is 24.1. The number of hydrogen-bond donors (Lipinski definition) is 3. The van der Waals surface area contributed by atoms with Crippen LogP contribution in [0, 0.1) is 11.8 Å². The average molecular weight is 608 g/mol. The molecule has 226 valence electrons. The Labute approximate surface area is 249 Å². The Morgan fingerprint density at radius 1 is 1.07 bits per heavy atom. The Morgan fingerprint density at radius 2 is 1.86 bits per heavy atom. The Kier molecular flexibility index (Phi) is 8.57. The first kappa shape index (κ1) is 29.9. The fraction of sp³-hybridized carbons (Fsp3) is 0.379. The number of benzene rings is 1. The van der Waals surface area contributed by atoms with E-state index in [1.165, 1.54) is 19.1 Å². The van der Waals surface area contributed by atoms with Crippen molar-refractivity contribution in [3.63, 3.8) is 0 Å². The number of nitrogens with one attached hydrogen (secondary N) is 3. The number of rotatable bonds is 10. The van der Waals surface area contributed by atoms with E-state index in [1.807, 2.05) is 6.07 Å². The Hall–Kier alpha value is -4.59. The summed E-state index contributed by atoms with van der Waals surface area (Å²) < 4.78 is 29.3. The van der Waals surface area contributed by atoms with E-state index in [0.29, 0.717) is 41.2 Å². The number of sulfone groups is 1. The SMILES string of the molecule is CNC(=O)c1nnc(NC(=O)C2CC2)cc1Nc1cccc(-c2ccc(C(=O)N(C)C[C@@H]3CCS(=O)(=O)C3)nc2)c1OC. The molecule has 14 heteroatoms. The van der Waals surface area contributed by atoms with Crippen LogP contribution in [0.1, 0.15) is 40.2 Å². The van der Waals surface area contributed by atoms with Gasteiger partial charge in [-0.2, -0.15) is 0 Å². The molecule has 3 heterocycles. The molecule has 2 aliphatic rings. The molecule has 0 spiro atoms. The number of carbonyl (C=O) groups excluding carboxylic acids is 3. The Balaban J connectivity index is 1.37. The van der Waals surface area contributed by atoms with E-state index < -0.39 is 15.7 Å². The van der Waals surface area contributed by atoms with E-state index >= 15 is 0 Å². The van der Waals surface area contributed by atoms with Gasteiger partial charge in [-0.15, -0.1) is 10.2 Å². The molecule has 0 bridgehead atoms. The van der Waals surface area contributed by atoms with Crippen molar-refractivity contribution in [2.45, 2.75) is 19.3 Å². The average Bonchev–Trinajstić information content (AvgIpc) is 3.80. The summed E-state index contributed by atoms with van der Waals surface area (Å²) in [7, 11) is 1.61. The number of para-hydroxylation sites is 1. The van der Waals surface area contributed by atoms with Gasteiger partial charge in [-0.25, -0.2) is 8.42 Å². The Morgan fingerprint density at radius 3 is 2.49 bits per heavy atom. The molecular formula is C29H33N7O6S. The summed E-state index contributed by atoms with van der Waals surface area (Å²) in [5.41, 5.74) is 2.45. The van der Waals surface area contributed by atoms with Crippen LogP contribution in [0.4, 0.5) is 17.2 Å². The second-order valence-corrected chi connectivity index (χ2v) is 13.0. The molecule has 1 aliphatic carbocycles. The fourth-order valence-corrected chi connectivity index (χ4v) is 6.85. The molecule has 1 aromatic carbocycles. The number of hydrogen-bond acceptors (Lipinski definition) is 10. The van der Waals surface area contributed by atoms with Crippen molar-refractivity contribution < 1.29 is 27.5 Å². The highest BCUT2D eigenvalue weighted by Gasteiger charge is 2.31. The quantitative estimate of drug-likeness (QED) is 0.311. The third kappa shape index (κ3) is 6.91. The lowest BCUT2D eigenvalue weighted by atomic mass is 10.0. The Bertz CT molecular complexity index is 1660. The van der Waals surface area contributed by atoms with Crippen LogP contribution in [0.3, 0.4) is 0 Å². The van der Waals surface area contributed by atoms with Gasteiger partial charge in [0.1, 0.15) is 11.4 Å². The number of anilines is 3. The summed E-state index contributed by atoms with van der Waals surface area (Å²) in [5, 5.41) is 16.5. The van der Waals surface area contributed by atoms with Gasteiger partial charge in [-0.1, -0.05) is 18.2 Å². The van der Waals surface area contributed by atoms with Gasteiger partial charge < -0.3 is 25.6 Å². The summed E-state index contributed by atoms with van der Waals surface area (Å²) in [5.74, 6) is -0.0951. The molecule has 1 atom stereocenters. The van der Waals surface area contributed by atoms with Crippen LogP contribution in [0.15, 0.2) is 42.6 Å². The molecule has 0 radical (unpaired) electrons. The molecular weight excluding hydrogens is 574 g/mol. The minimum absolute atomic E-state index is 0.0308. The van der Waals surface area contributed by atoms with Gasteiger partial charge in [0.25, 0.3) is 11.8 Å². The monoisotopic (exact) mass is 607 g/mol. The first-order valence-electron chi connectivity index (χ1n) is 13.9. The van der Waals surface area contributed by atoms with Crippen LogP contribution >= 0.6 is 0 Å². The van der Waals surface area contributed by atoms with Gasteiger partial charge in [-0.3, -0.25) is 19.4 Å². The number of methoxy groups -OCH3 is 1. The number of carbonyl (C=O) groups is 3. The van der Waals surface area contributed by atoms with Crippen molar-refractivity contribution in [1.29, 1.82) is 0 Å². The molecule has 1 saturated heterocycles. The topological polar surface area (TPSA) is 173 Å². The lowest BCUT2D eigenvalue weighted by molar-refractivity contribution is -0.117. The molecule has 3 aromatic rings. The summed E-state index contributed by atoms with van der Waals surface area (Å²) in [4.78, 5) is 43.7. The van der Waals surface area contributed by atoms with Crippen molar-refractivity contribution in [2.24, 2.45) is 11.8 Å². The molecule has 5 rings (SSSR count). The van der Waals surface area contributed by atoms with E-state index in [1.54, 1.807) is 43.6 Å². The standard InChI is InChI=1S/C29H33N7O6S/c1-30-28(38)25-23(13-24(34-35-25)33-27(37)18-7-8-18)32-21-6-4-5-20(26(21)42-3)19-9-10-22(31-14-19)29(39)36(2)15-17-11-12-43(40,41)16-17/h4-6,9-10,13-14,17-18H,7-8,11-12,15-16H2,1-3H3,(H,30,38)(H2,32,33,34,37)/t17-/m0/s1. The maximum atomic E-state index is 13.0. The van der Waals surface area contributed by atoms with Crippen LogP contribution in [0.2, 0.25) is 0 Å². The van der Waals surface area contributed by atoms with Crippen molar-refractivity contribution in [3.8, 4) is 16.9 Å². The van der Waals surface area contributed by atoms with E-state index in [4.69, 9.17) is 4.74 Å². The lowest BCUT2D eigenvalue weighted by Gasteiger charge is -2.20. The zero-order valence-corrected chi connectivity index (χ0v) is 24.9. The van der Waals surface area contributed by atoms with Gasteiger partial charge in [0, 0.05) is 49.9 Å². The van der Waals surface area contributed by atoms with Gasteiger partial charge in [0.15, 0.2) is 21.3 Å². The molecule has 13 nitrogen and oxygen atoms in total. The van der Waals surface area contributed by atoms with Gasteiger partial charge in [0.05, 0.1) is 30.0 Å². The van der Waals surface area contributed by atoms with E-state index in [9.17, 15) is 22.8 Å². The van der Waals surface area contributed by atoms with Gasteiger partial charge in [-0.05, 0) is 37.3 Å². The predicted octanol–water partition coefficient (Wildman–Crippen LogP) is 2.51. The zero-order chi connectivity index (χ0) is 30.7. The van der Waals surface area contributed by atoms with Crippen LogP contribution < -0.4 is 20.7 Å². The number of amides is 3. The van der Waals surface area contributed by atoms with Gasteiger partial charge in [0.2, 0.25) is 5.91 Å². The largest absolute Gasteiger partial charge is 0.494 e. The number of aromatic nitrogens is 3. The summed E-state index contributed by atoms with van der Waals surface area (Å²) >= 11 is 0. The van der Waals surface area contributed by atoms with Crippen molar-refractivity contribution in [1.82, 2.24) is 25.4 Å². The summed E-state index contributed by atoms with van der Waals surface area (Å²) in [6, 6.07) is 10.3. The minimum atomic E-state index is -3.03. The number of pyridine rings is 1. The van der Waals surface area contributed by atoms with E-state index in [2.05, 4.69) is 31.1 Å². The number of nitrogens with zero attached hydrogens (tertiary/aromatic N) is 4. The maximum absolute atomic E-state index is 13.0. The van der Waals surface area contributed by atoms with Crippen LogP contribution in [-0.4, -0.2) is 85.5 Å². The van der Waals surface area contributed by atoms with Crippen molar-refractivity contribution in [2.75, 3.05) is 49.9 Å². The highest BCUT2D eigenvalue weighted by molar-refractivity contribution is 7.91. The normalized spacial score (nSPS) is 17.1. The van der Waals surface area contributed by atoms with E-state index in [0.717, 1.165) is 12.8 Å². The minimum Gasteiger partial charge on any atom is -0.494 e. The molecule has 1 aliphatic heterocycles. The molecule has 2 fully saturated rings. The first-order chi connectivity index (χ1) is 20.6. The van der Waals surface area contributed by atoms with Crippen LogP contribution in [0.25, 0.3) is 11.1 Å². The highest BCUT2D eigenvalue weighted by atomic mass is 32.2. The molecule has 43 heavy (non-hydrogen) atoms. The smallest absolute Gasteiger partial charge is 0.273 e. The second-order valence-electron chi connectivity index (χ2n) is 10.7. The summed E-state index contributed by atoms with van der Waals surface area (Å²) in [6.45, 7) is 0.344. The lowest BCUT2D eigenvalue weighted by Crippen LogP contribution is -2.32. The van der Waals surface area contributed by atoms with Crippen LogP contribution in [-0.2, 0) is 14.6 Å². The second kappa shape index (κ2) is 12.3. The molecule has 2 aromatic heterocycles. The predicted molar refractivity (Wildman–Crippen MR) is 160 cm³/mol. The molecule has 3 amide bonds. The van der Waals surface area contributed by atoms with Gasteiger partial charge >= 0.3 is 0 Å². The third-order valence-electron chi connectivity index (χ3n) is 7.42.